The van der Waals surface area contributed by atoms with Gasteiger partial charge in [0.05, 0.1) is 19.3 Å². The standard InChI is InChI=1S/C31H51NO2/c1-31(2,3)26-30(34-27-29-20-14-13-15-21-29)28-33-25-19-12-10-8-6-4-5-7-9-11-16-22-32-23-17-18-24-32/h13-15,17-18,20-21,23-24,30H,4-12,16,19,22,25-28H2,1-3H3. The van der Waals surface area contributed by atoms with Crippen LogP contribution in [0.3, 0.4) is 0 Å². The molecule has 0 bridgehead atoms. The molecule has 0 spiro atoms. The molecule has 1 unspecified atom stereocenters. The van der Waals surface area contributed by atoms with Crippen LogP contribution in [0.25, 0.3) is 0 Å². The van der Waals surface area contributed by atoms with E-state index in [9.17, 15) is 0 Å². The van der Waals surface area contributed by atoms with E-state index in [4.69, 9.17) is 9.47 Å². The highest BCUT2D eigenvalue weighted by atomic mass is 16.5. The predicted octanol–water partition coefficient (Wildman–Crippen LogP) is 8.82. The average molecular weight is 470 g/mol. The molecular formula is C31H51NO2. The highest BCUT2D eigenvalue weighted by Crippen LogP contribution is 2.23. The van der Waals surface area contributed by atoms with Gasteiger partial charge in [-0.2, -0.15) is 0 Å². The molecule has 0 aliphatic heterocycles. The molecule has 0 aliphatic rings. The normalized spacial score (nSPS) is 12.8. The average Bonchev–Trinajstić information content (AvgIpc) is 3.33. The summed E-state index contributed by atoms with van der Waals surface area (Å²) < 4.78 is 14.5. The third-order valence-corrected chi connectivity index (χ3v) is 6.34. The first kappa shape index (κ1) is 28.7. The SMILES string of the molecule is CC(C)(C)CC(COCCCCCCCCCCCCCn1cccc1)OCc1ccccc1. The molecular weight excluding hydrogens is 418 g/mol. The molecule has 0 radical (unpaired) electrons. The van der Waals surface area contributed by atoms with Crippen LogP contribution in [0.1, 0.15) is 103 Å². The maximum absolute atomic E-state index is 6.21. The zero-order chi connectivity index (χ0) is 24.3. The van der Waals surface area contributed by atoms with Crippen LogP contribution < -0.4 is 0 Å². The molecule has 0 N–H and O–H groups in total. The van der Waals surface area contributed by atoms with Crippen molar-refractivity contribution in [2.75, 3.05) is 13.2 Å². The van der Waals surface area contributed by atoms with Crippen molar-refractivity contribution in [1.82, 2.24) is 4.57 Å². The minimum absolute atomic E-state index is 0.161. The Morgan fingerprint density at radius 2 is 1.26 bits per heavy atom. The Balaban J connectivity index is 1.39. The van der Waals surface area contributed by atoms with E-state index in [1.807, 2.05) is 6.07 Å². The van der Waals surface area contributed by atoms with Gasteiger partial charge in [0.1, 0.15) is 0 Å². The third-order valence-electron chi connectivity index (χ3n) is 6.34. The van der Waals surface area contributed by atoms with E-state index >= 15 is 0 Å². The van der Waals surface area contributed by atoms with Crippen molar-refractivity contribution in [3.8, 4) is 0 Å². The van der Waals surface area contributed by atoms with E-state index in [0.717, 1.165) is 13.0 Å². The fourth-order valence-electron chi connectivity index (χ4n) is 4.46. The molecule has 3 nitrogen and oxygen atoms in total. The molecule has 1 aromatic heterocycles. The van der Waals surface area contributed by atoms with E-state index in [0.29, 0.717) is 13.2 Å². The largest absolute Gasteiger partial charge is 0.379 e. The molecule has 1 atom stereocenters. The molecule has 0 amide bonds. The highest BCUT2D eigenvalue weighted by Gasteiger charge is 2.19. The molecule has 1 aromatic carbocycles. The first-order chi connectivity index (χ1) is 16.5. The third kappa shape index (κ3) is 15.3. The lowest BCUT2D eigenvalue weighted by Crippen LogP contribution is -2.26. The number of nitrogens with zero attached hydrogens (tertiary/aromatic N) is 1. The molecule has 3 heteroatoms. The predicted molar refractivity (Wildman–Crippen MR) is 145 cm³/mol. The lowest BCUT2D eigenvalue weighted by Gasteiger charge is -2.26. The van der Waals surface area contributed by atoms with Gasteiger partial charge >= 0.3 is 0 Å². The van der Waals surface area contributed by atoms with Gasteiger partial charge in [0.25, 0.3) is 0 Å². The summed E-state index contributed by atoms with van der Waals surface area (Å²) in [5.74, 6) is 0. The first-order valence-electron chi connectivity index (χ1n) is 13.9. The highest BCUT2D eigenvalue weighted by molar-refractivity contribution is 5.13. The molecule has 1 heterocycles. The van der Waals surface area contributed by atoms with Gasteiger partial charge in [-0.3, -0.25) is 0 Å². The van der Waals surface area contributed by atoms with Crippen molar-refractivity contribution in [2.24, 2.45) is 5.41 Å². The second kappa shape index (κ2) is 17.8. The van der Waals surface area contributed by atoms with Crippen molar-refractivity contribution in [3.05, 3.63) is 60.4 Å². The maximum Gasteiger partial charge on any atom is 0.0818 e. The number of unbranched alkanes of at least 4 members (excludes halogenated alkanes) is 10. The molecule has 0 saturated carbocycles. The van der Waals surface area contributed by atoms with Crippen molar-refractivity contribution in [1.29, 1.82) is 0 Å². The first-order valence-corrected chi connectivity index (χ1v) is 13.9. The molecule has 2 rings (SSSR count). The van der Waals surface area contributed by atoms with Crippen LogP contribution >= 0.6 is 0 Å². The number of hydrogen-bond acceptors (Lipinski definition) is 2. The van der Waals surface area contributed by atoms with Crippen molar-refractivity contribution >= 4 is 0 Å². The van der Waals surface area contributed by atoms with Crippen LogP contribution in [0.15, 0.2) is 54.9 Å². The Labute approximate surface area is 210 Å². The number of aryl methyl sites for hydroxylation is 1. The number of benzene rings is 1. The Kier molecular flexibility index (Phi) is 15.0. The van der Waals surface area contributed by atoms with Gasteiger partial charge < -0.3 is 14.0 Å². The summed E-state index contributed by atoms with van der Waals surface area (Å²) in [5, 5.41) is 0. The van der Waals surface area contributed by atoms with Crippen LogP contribution in [-0.4, -0.2) is 23.9 Å². The fourth-order valence-corrected chi connectivity index (χ4v) is 4.46. The number of aromatic nitrogens is 1. The Morgan fingerprint density at radius 3 is 1.85 bits per heavy atom. The van der Waals surface area contributed by atoms with E-state index in [-0.39, 0.29) is 11.5 Å². The molecule has 0 fully saturated rings. The Bertz CT molecular complexity index is 690. The molecule has 0 saturated heterocycles. The zero-order valence-corrected chi connectivity index (χ0v) is 22.4. The Hall–Kier alpha value is -1.58. The Morgan fingerprint density at radius 1 is 0.706 bits per heavy atom. The monoisotopic (exact) mass is 469 g/mol. The zero-order valence-electron chi connectivity index (χ0n) is 22.4. The lowest BCUT2D eigenvalue weighted by molar-refractivity contribution is -0.0430. The van der Waals surface area contributed by atoms with E-state index in [1.54, 1.807) is 0 Å². The summed E-state index contributed by atoms with van der Waals surface area (Å²) in [6.07, 6.45) is 20.4. The summed E-state index contributed by atoms with van der Waals surface area (Å²) in [7, 11) is 0. The van der Waals surface area contributed by atoms with Gasteiger partial charge in [-0.1, -0.05) is 109 Å². The molecule has 2 aromatic rings. The summed E-state index contributed by atoms with van der Waals surface area (Å²) >= 11 is 0. The second-order valence-corrected chi connectivity index (χ2v) is 11.1. The maximum atomic E-state index is 6.21. The van der Waals surface area contributed by atoms with E-state index < -0.39 is 0 Å². The van der Waals surface area contributed by atoms with Crippen LogP contribution in [0.5, 0.6) is 0 Å². The van der Waals surface area contributed by atoms with Crippen LogP contribution in [0, 0.1) is 5.41 Å². The van der Waals surface area contributed by atoms with Crippen LogP contribution in [0.4, 0.5) is 0 Å². The summed E-state index contributed by atoms with van der Waals surface area (Å²) in [6, 6.07) is 14.7. The number of ether oxygens (including phenoxy) is 2. The molecule has 0 aliphatic carbocycles. The molecule has 192 valence electrons. The topological polar surface area (TPSA) is 23.4 Å². The minimum Gasteiger partial charge on any atom is -0.379 e. The van der Waals surface area contributed by atoms with Gasteiger partial charge in [0.15, 0.2) is 0 Å². The van der Waals surface area contributed by atoms with Gasteiger partial charge in [-0.05, 0) is 42.4 Å². The summed E-state index contributed by atoms with van der Waals surface area (Å²) in [6.45, 7) is 10.2. The van der Waals surface area contributed by atoms with Gasteiger partial charge in [-0.15, -0.1) is 0 Å². The van der Waals surface area contributed by atoms with Gasteiger partial charge in [0.2, 0.25) is 0 Å². The van der Waals surface area contributed by atoms with Crippen molar-refractivity contribution in [3.63, 3.8) is 0 Å². The van der Waals surface area contributed by atoms with Crippen LogP contribution in [0.2, 0.25) is 0 Å². The smallest absolute Gasteiger partial charge is 0.0818 e. The quantitative estimate of drug-likeness (QED) is 0.181. The van der Waals surface area contributed by atoms with Crippen LogP contribution in [-0.2, 0) is 22.6 Å². The van der Waals surface area contributed by atoms with Gasteiger partial charge in [0, 0.05) is 25.5 Å². The number of hydrogen-bond donors (Lipinski definition) is 0. The van der Waals surface area contributed by atoms with E-state index in [2.05, 4.69) is 74.1 Å². The minimum atomic E-state index is 0.161. The molecule has 34 heavy (non-hydrogen) atoms. The van der Waals surface area contributed by atoms with Gasteiger partial charge in [-0.25, -0.2) is 0 Å². The summed E-state index contributed by atoms with van der Waals surface area (Å²) in [5.41, 5.74) is 1.47. The lowest BCUT2D eigenvalue weighted by atomic mass is 9.89. The fraction of sp³-hybridized carbons (Fsp3) is 0.677. The summed E-state index contributed by atoms with van der Waals surface area (Å²) in [4.78, 5) is 0. The van der Waals surface area contributed by atoms with E-state index in [1.165, 1.54) is 82.7 Å². The van der Waals surface area contributed by atoms with Crippen molar-refractivity contribution in [2.45, 2.75) is 117 Å². The number of rotatable bonds is 20. The van der Waals surface area contributed by atoms with Crippen molar-refractivity contribution < 1.29 is 9.47 Å². The second-order valence-electron chi connectivity index (χ2n) is 11.1.